The average Bonchev–Trinajstić information content (AvgIpc) is 3.49. The van der Waals surface area contributed by atoms with Gasteiger partial charge in [0.25, 0.3) is 0 Å². The molecule has 1 N–H and O–H groups in total. The van der Waals surface area contributed by atoms with Gasteiger partial charge in [0.15, 0.2) is 0 Å². The SMILES string of the molecule is CCCCN(CC(=O)N(Cc1ccco1)C[C@H]1CCCO1)C(=O)NCc1ccccc1. The van der Waals surface area contributed by atoms with E-state index >= 15 is 0 Å². The summed E-state index contributed by atoms with van der Waals surface area (Å²) in [5, 5.41) is 2.94. The van der Waals surface area contributed by atoms with E-state index < -0.39 is 0 Å². The van der Waals surface area contributed by atoms with E-state index in [1.807, 2.05) is 42.5 Å². The molecule has 1 fully saturated rings. The molecule has 0 aliphatic carbocycles. The lowest BCUT2D eigenvalue weighted by Gasteiger charge is -2.29. The Morgan fingerprint density at radius 3 is 2.65 bits per heavy atom. The summed E-state index contributed by atoms with van der Waals surface area (Å²) in [4.78, 5) is 29.4. The van der Waals surface area contributed by atoms with E-state index in [0.717, 1.165) is 43.6 Å². The Hall–Kier alpha value is -2.80. The van der Waals surface area contributed by atoms with Gasteiger partial charge in [-0.3, -0.25) is 4.79 Å². The number of rotatable bonds is 11. The van der Waals surface area contributed by atoms with E-state index in [0.29, 0.717) is 26.2 Å². The van der Waals surface area contributed by atoms with Crippen LogP contribution < -0.4 is 5.32 Å². The molecular formula is C24H33N3O4. The van der Waals surface area contributed by atoms with Gasteiger partial charge in [-0.25, -0.2) is 4.79 Å². The molecule has 7 nitrogen and oxygen atoms in total. The maximum absolute atomic E-state index is 13.2. The summed E-state index contributed by atoms with van der Waals surface area (Å²) >= 11 is 0. The fourth-order valence-corrected chi connectivity index (χ4v) is 3.63. The Kier molecular flexibility index (Phi) is 8.97. The number of carbonyl (C=O) groups excluding carboxylic acids is 2. The third-order valence-corrected chi connectivity index (χ3v) is 5.41. The van der Waals surface area contributed by atoms with E-state index in [9.17, 15) is 9.59 Å². The topological polar surface area (TPSA) is 75.0 Å². The minimum absolute atomic E-state index is 0.0358. The van der Waals surface area contributed by atoms with Gasteiger partial charge in [-0.15, -0.1) is 0 Å². The fourth-order valence-electron chi connectivity index (χ4n) is 3.63. The zero-order valence-electron chi connectivity index (χ0n) is 18.3. The first-order valence-electron chi connectivity index (χ1n) is 11.1. The number of amides is 3. The molecule has 0 spiro atoms. The van der Waals surface area contributed by atoms with E-state index in [2.05, 4.69) is 12.2 Å². The number of urea groups is 1. The van der Waals surface area contributed by atoms with Crippen molar-refractivity contribution in [3.63, 3.8) is 0 Å². The number of benzene rings is 1. The van der Waals surface area contributed by atoms with Gasteiger partial charge in [0.1, 0.15) is 12.3 Å². The molecule has 7 heteroatoms. The summed E-state index contributed by atoms with van der Waals surface area (Å²) in [6, 6.07) is 13.2. The smallest absolute Gasteiger partial charge is 0.318 e. The second kappa shape index (κ2) is 12.2. The Balaban J connectivity index is 1.62. The molecule has 1 atom stereocenters. The zero-order chi connectivity index (χ0) is 21.9. The molecule has 168 valence electrons. The maximum Gasteiger partial charge on any atom is 0.318 e. The Morgan fingerprint density at radius 2 is 1.97 bits per heavy atom. The number of furan rings is 1. The van der Waals surface area contributed by atoms with Crippen LogP contribution in [0.5, 0.6) is 0 Å². The van der Waals surface area contributed by atoms with Crippen LogP contribution >= 0.6 is 0 Å². The van der Waals surface area contributed by atoms with Crippen LogP contribution in [-0.2, 0) is 22.6 Å². The number of unbranched alkanes of at least 4 members (excludes halogenated alkanes) is 1. The number of hydrogen-bond donors (Lipinski definition) is 1. The van der Waals surface area contributed by atoms with E-state index in [-0.39, 0.29) is 24.6 Å². The second-order valence-electron chi connectivity index (χ2n) is 7.91. The lowest BCUT2D eigenvalue weighted by molar-refractivity contribution is -0.134. The summed E-state index contributed by atoms with van der Waals surface area (Å²) in [7, 11) is 0. The summed E-state index contributed by atoms with van der Waals surface area (Å²) < 4.78 is 11.2. The van der Waals surface area contributed by atoms with Gasteiger partial charge < -0.3 is 24.3 Å². The number of nitrogens with zero attached hydrogens (tertiary/aromatic N) is 2. The summed E-state index contributed by atoms with van der Waals surface area (Å²) in [5.74, 6) is 0.623. The Morgan fingerprint density at radius 1 is 1.13 bits per heavy atom. The minimum atomic E-state index is -0.222. The molecule has 2 heterocycles. The first-order chi connectivity index (χ1) is 15.2. The van der Waals surface area contributed by atoms with E-state index in [1.54, 1.807) is 16.1 Å². The van der Waals surface area contributed by atoms with Gasteiger partial charge in [-0.1, -0.05) is 43.7 Å². The summed E-state index contributed by atoms with van der Waals surface area (Å²) in [5.41, 5.74) is 1.02. The van der Waals surface area contributed by atoms with Crippen LogP contribution in [0.25, 0.3) is 0 Å². The molecular weight excluding hydrogens is 394 g/mol. The molecule has 1 aliphatic heterocycles. The second-order valence-corrected chi connectivity index (χ2v) is 7.91. The predicted molar refractivity (Wildman–Crippen MR) is 118 cm³/mol. The number of hydrogen-bond acceptors (Lipinski definition) is 4. The maximum atomic E-state index is 13.2. The molecule has 0 unspecified atom stereocenters. The minimum Gasteiger partial charge on any atom is -0.467 e. The lowest BCUT2D eigenvalue weighted by Crippen LogP contribution is -2.48. The molecule has 1 saturated heterocycles. The molecule has 3 rings (SSSR count). The van der Waals surface area contributed by atoms with Crippen LogP contribution in [0.15, 0.2) is 53.1 Å². The van der Waals surface area contributed by atoms with Crippen molar-refractivity contribution in [2.45, 2.75) is 51.8 Å². The highest BCUT2D eigenvalue weighted by atomic mass is 16.5. The first kappa shape index (κ1) is 22.9. The number of nitrogens with one attached hydrogen (secondary N) is 1. The van der Waals surface area contributed by atoms with Gasteiger partial charge in [0.2, 0.25) is 5.91 Å². The van der Waals surface area contributed by atoms with Gasteiger partial charge in [-0.05, 0) is 37.0 Å². The van der Waals surface area contributed by atoms with Crippen molar-refractivity contribution >= 4 is 11.9 Å². The monoisotopic (exact) mass is 427 g/mol. The molecule has 3 amide bonds. The van der Waals surface area contributed by atoms with Crippen LogP contribution in [0, 0.1) is 0 Å². The Bertz CT molecular complexity index is 788. The largest absolute Gasteiger partial charge is 0.467 e. The van der Waals surface area contributed by atoms with E-state index in [1.165, 1.54) is 0 Å². The van der Waals surface area contributed by atoms with Crippen molar-refractivity contribution in [2.24, 2.45) is 0 Å². The number of ether oxygens (including phenoxy) is 1. The average molecular weight is 428 g/mol. The van der Waals surface area contributed by atoms with Crippen LogP contribution in [0.2, 0.25) is 0 Å². The molecule has 0 bridgehead atoms. The van der Waals surface area contributed by atoms with Crippen LogP contribution in [-0.4, -0.2) is 54.1 Å². The third kappa shape index (κ3) is 7.43. The highest BCUT2D eigenvalue weighted by Crippen LogP contribution is 2.16. The zero-order valence-corrected chi connectivity index (χ0v) is 18.3. The molecule has 1 aromatic heterocycles. The van der Waals surface area contributed by atoms with Crippen LogP contribution in [0.4, 0.5) is 4.79 Å². The quantitative estimate of drug-likeness (QED) is 0.592. The van der Waals surface area contributed by atoms with Crippen molar-refractivity contribution in [3.05, 3.63) is 60.1 Å². The van der Waals surface area contributed by atoms with Crippen LogP contribution in [0.1, 0.15) is 43.9 Å². The lowest BCUT2D eigenvalue weighted by atomic mass is 10.2. The van der Waals surface area contributed by atoms with Crippen LogP contribution in [0.3, 0.4) is 0 Å². The normalized spacial score (nSPS) is 15.6. The van der Waals surface area contributed by atoms with Gasteiger partial charge in [-0.2, -0.15) is 0 Å². The highest BCUT2D eigenvalue weighted by molar-refractivity contribution is 5.84. The van der Waals surface area contributed by atoms with Crippen molar-refractivity contribution in [3.8, 4) is 0 Å². The molecule has 31 heavy (non-hydrogen) atoms. The van der Waals surface area contributed by atoms with Crippen molar-refractivity contribution in [1.29, 1.82) is 0 Å². The predicted octanol–water partition coefficient (Wildman–Crippen LogP) is 3.80. The highest BCUT2D eigenvalue weighted by Gasteiger charge is 2.26. The summed E-state index contributed by atoms with van der Waals surface area (Å²) in [6.45, 7) is 4.69. The third-order valence-electron chi connectivity index (χ3n) is 5.41. The van der Waals surface area contributed by atoms with Gasteiger partial charge in [0, 0.05) is 26.2 Å². The first-order valence-corrected chi connectivity index (χ1v) is 11.1. The van der Waals surface area contributed by atoms with Gasteiger partial charge in [0.05, 0.1) is 18.9 Å². The standard InChI is InChI=1S/C24H33N3O4/c1-2-3-13-26(24(29)25-16-20-9-5-4-6-10-20)19-23(28)27(17-21-11-7-14-30-21)18-22-12-8-15-31-22/h4-7,9-11,14,22H,2-3,8,12-13,15-19H2,1H3,(H,25,29)/t22-/m1/s1. The van der Waals surface area contributed by atoms with E-state index in [4.69, 9.17) is 9.15 Å². The Labute approximate surface area is 184 Å². The molecule has 1 aliphatic rings. The molecule has 0 radical (unpaired) electrons. The molecule has 1 aromatic carbocycles. The molecule has 0 saturated carbocycles. The van der Waals surface area contributed by atoms with Crippen molar-refractivity contribution < 1.29 is 18.7 Å². The van der Waals surface area contributed by atoms with Gasteiger partial charge >= 0.3 is 6.03 Å². The fraction of sp³-hybridized carbons (Fsp3) is 0.500. The molecule has 2 aromatic rings. The number of carbonyl (C=O) groups is 2. The van der Waals surface area contributed by atoms with Crippen molar-refractivity contribution in [1.82, 2.24) is 15.1 Å². The summed E-state index contributed by atoms with van der Waals surface area (Å²) in [6.07, 6.45) is 5.39. The van der Waals surface area contributed by atoms with Crippen molar-refractivity contribution in [2.75, 3.05) is 26.2 Å².